The highest BCUT2D eigenvalue weighted by atomic mass is 16.6. The number of benzene rings is 3. The van der Waals surface area contributed by atoms with Crippen LogP contribution < -0.4 is 19.9 Å². The second-order valence-corrected chi connectivity index (χ2v) is 11.2. The summed E-state index contributed by atoms with van der Waals surface area (Å²) in [5, 5.41) is 9.22. The van der Waals surface area contributed by atoms with Crippen LogP contribution in [-0.4, -0.2) is 90.5 Å². The van der Waals surface area contributed by atoms with E-state index in [0.29, 0.717) is 0 Å². The maximum atomic E-state index is 4.95. The first-order valence-electron chi connectivity index (χ1n) is 14.8. The summed E-state index contributed by atoms with van der Waals surface area (Å²) in [5.41, 5.74) is 2.46. The zero-order valence-corrected chi connectivity index (χ0v) is 24.3. The van der Waals surface area contributed by atoms with Crippen LogP contribution in [0.2, 0.25) is 19.0 Å². The molecule has 0 amide bonds. The summed E-state index contributed by atoms with van der Waals surface area (Å²) in [5.74, 6) is 1.58. The number of hydrogen-bond donors (Lipinski definition) is 2. The van der Waals surface area contributed by atoms with Gasteiger partial charge in [-0.3, -0.25) is 0 Å². The maximum Gasteiger partial charge on any atom is 0.658 e. The number of nitrogens with one attached hydrogen (secondary N) is 2. The minimum absolute atomic E-state index is 0.789. The van der Waals surface area contributed by atoms with Gasteiger partial charge in [0.15, 0.2) is 0 Å². The second-order valence-electron chi connectivity index (χ2n) is 11.2. The standard InChI is InChI=1S/C11H10N2.C8H18B2N2.C6H4BO2.C4H9BN/c1-3-8-4-2-6-10-11(8)9(5-1)12-7-13-10;1-11-7-3-5-9(11)10-6-4-8-12(10)2;1-2-4-6-5(3-1)8-7-9-6;1-6-4-2-3-5-6/h1-6,12-13H,7H2;3-8H2,1-2H3;1-4H;2-4H2,1H3. The van der Waals surface area contributed by atoms with Gasteiger partial charge in [0.2, 0.25) is 20.9 Å². The largest absolute Gasteiger partial charge is 0.658 e. The van der Waals surface area contributed by atoms with Gasteiger partial charge >= 0.3 is 7.69 Å². The van der Waals surface area contributed by atoms with Crippen LogP contribution in [0, 0.1) is 0 Å². The number of hydrogen-bond acceptors (Lipinski definition) is 7. The second kappa shape index (κ2) is 14.2. The Labute approximate surface area is 242 Å². The molecule has 2 radical (unpaired) electrons. The minimum atomic E-state index is 0.789. The fourth-order valence-electron chi connectivity index (χ4n) is 6.23. The van der Waals surface area contributed by atoms with Crippen LogP contribution in [-0.2, 0) is 0 Å². The number of fused-ring (bicyclic) bond motifs is 1. The molecule has 3 fully saturated rings. The third-order valence-electron chi connectivity index (χ3n) is 8.42. The molecular formula is C29H41B4N5O2. The van der Waals surface area contributed by atoms with Gasteiger partial charge < -0.3 is 34.4 Å². The van der Waals surface area contributed by atoms with Crippen molar-refractivity contribution in [2.45, 2.75) is 38.2 Å². The van der Waals surface area contributed by atoms with E-state index in [1.807, 2.05) is 24.3 Å². The molecule has 11 heteroatoms. The monoisotopic (exact) mass is 535 g/mol. The van der Waals surface area contributed by atoms with E-state index in [9.17, 15) is 0 Å². The quantitative estimate of drug-likeness (QED) is 0.439. The van der Waals surface area contributed by atoms with Gasteiger partial charge in [0.25, 0.3) is 0 Å². The molecule has 8 rings (SSSR count). The van der Waals surface area contributed by atoms with Crippen LogP contribution >= 0.6 is 0 Å². The van der Waals surface area contributed by atoms with Crippen LogP contribution in [0.1, 0.15) is 19.3 Å². The number of anilines is 2. The zero-order chi connectivity index (χ0) is 27.7. The number of para-hydroxylation sites is 2. The summed E-state index contributed by atoms with van der Waals surface area (Å²) in [6, 6.07) is 20.2. The Balaban J connectivity index is 0.000000111. The first kappa shape index (κ1) is 28.8. The minimum Gasteiger partial charge on any atom is -0.524 e. The zero-order valence-electron chi connectivity index (χ0n) is 24.3. The van der Waals surface area contributed by atoms with Crippen LogP contribution in [0.15, 0.2) is 60.7 Å². The molecule has 2 N–H and O–H groups in total. The molecule has 40 heavy (non-hydrogen) atoms. The molecule has 0 bridgehead atoms. The van der Waals surface area contributed by atoms with E-state index in [4.69, 9.17) is 9.31 Å². The Morgan fingerprint density at radius 2 is 1.27 bits per heavy atom. The molecule has 7 nitrogen and oxygen atoms in total. The van der Waals surface area contributed by atoms with E-state index >= 15 is 0 Å². The SMILES string of the molecule is CN1CCCB1B1CCCN1C.CN1[B]CCC1.[B]1Oc2ccccc2O1.c1cc2c3c(cccc3c1)NCN2. The highest BCUT2D eigenvalue weighted by Crippen LogP contribution is 2.32. The molecule has 0 saturated carbocycles. The van der Waals surface area contributed by atoms with Gasteiger partial charge in [0.05, 0.1) is 6.67 Å². The summed E-state index contributed by atoms with van der Waals surface area (Å²) >= 11 is 0. The van der Waals surface area contributed by atoms with Gasteiger partial charge in [0, 0.05) is 16.8 Å². The average molecular weight is 535 g/mol. The van der Waals surface area contributed by atoms with Gasteiger partial charge in [-0.2, -0.15) is 0 Å². The predicted octanol–water partition coefficient (Wildman–Crippen LogP) is 4.70. The smallest absolute Gasteiger partial charge is 0.524 e. The Morgan fingerprint density at radius 3 is 1.70 bits per heavy atom. The summed E-state index contributed by atoms with van der Waals surface area (Å²) in [7, 11) is 10.2. The number of nitrogens with zero attached hydrogens (tertiary/aromatic N) is 3. The Hall–Kier alpha value is -2.74. The van der Waals surface area contributed by atoms with Crippen molar-refractivity contribution in [3.63, 3.8) is 0 Å². The summed E-state index contributed by atoms with van der Waals surface area (Å²) in [6.07, 6.45) is 8.31. The fourth-order valence-corrected chi connectivity index (χ4v) is 6.23. The van der Waals surface area contributed by atoms with Crippen molar-refractivity contribution in [3.05, 3.63) is 60.7 Å². The summed E-state index contributed by atoms with van der Waals surface area (Å²) in [6.45, 7) is 6.43. The first-order chi connectivity index (χ1) is 19.6. The summed E-state index contributed by atoms with van der Waals surface area (Å²) < 4.78 is 9.90. The molecule has 206 valence electrons. The van der Waals surface area contributed by atoms with Crippen molar-refractivity contribution >= 4 is 50.7 Å². The van der Waals surface area contributed by atoms with Crippen LogP contribution in [0.4, 0.5) is 11.4 Å². The third kappa shape index (κ3) is 7.31. The highest BCUT2D eigenvalue weighted by Gasteiger charge is 2.40. The number of rotatable bonds is 1. The molecule has 3 aromatic rings. The molecule has 3 aromatic carbocycles. The molecule has 0 spiro atoms. The van der Waals surface area contributed by atoms with Crippen LogP contribution in [0.3, 0.4) is 0 Å². The van der Waals surface area contributed by atoms with Gasteiger partial charge in [-0.25, -0.2) is 0 Å². The van der Waals surface area contributed by atoms with Crippen molar-refractivity contribution in [2.24, 2.45) is 0 Å². The van der Waals surface area contributed by atoms with Gasteiger partial charge in [-0.15, -0.1) is 0 Å². The molecular weight excluding hydrogens is 494 g/mol. The van der Waals surface area contributed by atoms with Crippen molar-refractivity contribution in [1.29, 1.82) is 0 Å². The van der Waals surface area contributed by atoms with Crippen molar-refractivity contribution in [3.8, 4) is 11.5 Å². The van der Waals surface area contributed by atoms with Gasteiger partial charge in [-0.05, 0) is 89.7 Å². The summed E-state index contributed by atoms with van der Waals surface area (Å²) in [4.78, 5) is 7.33. The van der Waals surface area contributed by atoms with Crippen molar-refractivity contribution in [1.82, 2.24) is 14.4 Å². The van der Waals surface area contributed by atoms with E-state index in [2.05, 4.69) is 90.0 Å². The van der Waals surface area contributed by atoms with Crippen molar-refractivity contribution in [2.75, 3.05) is 58.1 Å². The fraction of sp³-hybridized carbons (Fsp3) is 0.448. The lowest BCUT2D eigenvalue weighted by atomic mass is 9.18. The molecule has 0 aromatic heterocycles. The van der Waals surface area contributed by atoms with Gasteiger partial charge in [0.1, 0.15) is 11.5 Å². The van der Waals surface area contributed by atoms with E-state index < -0.39 is 0 Å². The Kier molecular flexibility index (Phi) is 10.2. The third-order valence-corrected chi connectivity index (χ3v) is 8.42. The lowest BCUT2D eigenvalue weighted by Gasteiger charge is -2.25. The topological polar surface area (TPSA) is 52.2 Å². The molecule has 5 heterocycles. The highest BCUT2D eigenvalue weighted by molar-refractivity contribution is 7.20. The van der Waals surface area contributed by atoms with E-state index in [0.717, 1.165) is 31.6 Å². The molecule has 0 aliphatic carbocycles. The van der Waals surface area contributed by atoms with Crippen molar-refractivity contribution < 1.29 is 9.31 Å². The average Bonchev–Trinajstić information content (AvgIpc) is 3.80. The maximum absolute atomic E-state index is 4.95. The van der Waals surface area contributed by atoms with E-state index in [1.165, 1.54) is 87.7 Å². The van der Waals surface area contributed by atoms with Crippen LogP contribution in [0.5, 0.6) is 11.5 Å². The molecule has 5 aliphatic heterocycles. The molecule has 3 saturated heterocycles. The normalized spacial score (nSPS) is 19.2. The van der Waals surface area contributed by atoms with Crippen LogP contribution in [0.25, 0.3) is 10.8 Å². The molecule has 0 atom stereocenters. The van der Waals surface area contributed by atoms with E-state index in [-0.39, 0.29) is 0 Å². The molecule has 0 unspecified atom stereocenters. The Bertz CT molecular complexity index is 1150. The lowest BCUT2D eigenvalue weighted by Crippen LogP contribution is -2.51. The van der Waals surface area contributed by atoms with Gasteiger partial charge in [-0.1, -0.05) is 55.4 Å². The Morgan fingerprint density at radius 1 is 0.700 bits per heavy atom. The predicted molar refractivity (Wildman–Crippen MR) is 173 cm³/mol. The first-order valence-corrected chi connectivity index (χ1v) is 14.8. The molecule has 5 aliphatic rings. The lowest BCUT2D eigenvalue weighted by molar-refractivity contribution is 0.541. The van der Waals surface area contributed by atoms with E-state index in [1.54, 1.807) is 0 Å².